The van der Waals surface area contributed by atoms with Gasteiger partial charge in [0.05, 0.1) is 18.4 Å². The highest BCUT2D eigenvalue weighted by Crippen LogP contribution is 2.19. The molecule has 1 N–H and O–H groups in total. The van der Waals surface area contributed by atoms with Crippen LogP contribution in [0, 0.1) is 6.92 Å². The molecule has 6 heteroatoms. The molecule has 0 bridgehead atoms. The van der Waals surface area contributed by atoms with Gasteiger partial charge in [-0.25, -0.2) is 4.79 Å². The van der Waals surface area contributed by atoms with Gasteiger partial charge < -0.3 is 14.8 Å². The number of amides is 1. The molecule has 3 rings (SSSR count). The molecule has 0 radical (unpaired) electrons. The van der Waals surface area contributed by atoms with Crippen LogP contribution >= 0.6 is 0 Å². The third-order valence-electron chi connectivity index (χ3n) is 4.13. The van der Waals surface area contributed by atoms with E-state index in [4.69, 9.17) is 9.47 Å². The van der Waals surface area contributed by atoms with Crippen molar-refractivity contribution in [1.82, 2.24) is 4.98 Å². The summed E-state index contributed by atoms with van der Waals surface area (Å²) in [5, 5.41) is 2.85. The molecule has 2 aromatic carbocycles. The zero-order valence-corrected chi connectivity index (χ0v) is 15.6. The molecular weight excluding hydrogens is 356 g/mol. The molecule has 28 heavy (non-hydrogen) atoms. The maximum Gasteiger partial charge on any atom is 0.337 e. The van der Waals surface area contributed by atoms with Gasteiger partial charge >= 0.3 is 5.97 Å². The molecule has 3 aromatic rings. The standard InChI is InChI=1S/C22H20N2O4/c1-15-13-17(22(26)27-2)8-11-20(15)24-21(25)16-6-9-19(10-7-16)28-14-18-5-3-4-12-23-18/h3-13H,14H2,1-2H3,(H,24,25). The molecule has 0 atom stereocenters. The summed E-state index contributed by atoms with van der Waals surface area (Å²) in [6.45, 7) is 2.18. The van der Waals surface area contributed by atoms with Crippen molar-refractivity contribution in [3.63, 3.8) is 0 Å². The van der Waals surface area contributed by atoms with Crippen LogP contribution in [-0.4, -0.2) is 24.0 Å². The van der Waals surface area contributed by atoms with Crippen molar-refractivity contribution >= 4 is 17.6 Å². The van der Waals surface area contributed by atoms with Gasteiger partial charge in [0.15, 0.2) is 0 Å². The molecule has 1 amide bonds. The SMILES string of the molecule is COC(=O)c1ccc(NC(=O)c2ccc(OCc3ccccn3)cc2)c(C)c1. The van der Waals surface area contributed by atoms with E-state index in [1.165, 1.54) is 7.11 Å². The Morgan fingerprint density at radius 3 is 2.39 bits per heavy atom. The summed E-state index contributed by atoms with van der Waals surface area (Å²) in [6, 6.07) is 17.5. The zero-order chi connectivity index (χ0) is 19.9. The number of nitrogens with zero attached hydrogens (tertiary/aromatic N) is 1. The van der Waals surface area contributed by atoms with E-state index in [0.29, 0.717) is 29.2 Å². The van der Waals surface area contributed by atoms with Crippen LogP contribution in [0.4, 0.5) is 5.69 Å². The van der Waals surface area contributed by atoms with E-state index in [-0.39, 0.29) is 5.91 Å². The molecule has 0 aliphatic rings. The van der Waals surface area contributed by atoms with E-state index in [1.54, 1.807) is 48.7 Å². The Labute approximate surface area is 163 Å². The number of carbonyl (C=O) groups is 2. The molecule has 0 aliphatic heterocycles. The van der Waals surface area contributed by atoms with E-state index in [9.17, 15) is 9.59 Å². The highest BCUT2D eigenvalue weighted by Gasteiger charge is 2.11. The number of rotatable bonds is 6. The predicted molar refractivity (Wildman–Crippen MR) is 105 cm³/mol. The van der Waals surface area contributed by atoms with Crippen molar-refractivity contribution < 1.29 is 19.1 Å². The van der Waals surface area contributed by atoms with Crippen LogP contribution in [-0.2, 0) is 11.3 Å². The summed E-state index contributed by atoms with van der Waals surface area (Å²) in [5.74, 6) is -0.00623. The second-order valence-corrected chi connectivity index (χ2v) is 6.11. The number of nitrogens with one attached hydrogen (secondary N) is 1. The summed E-state index contributed by atoms with van der Waals surface area (Å²) < 4.78 is 10.4. The fraction of sp³-hybridized carbons (Fsp3) is 0.136. The third-order valence-corrected chi connectivity index (χ3v) is 4.13. The largest absolute Gasteiger partial charge is 0.487 e. The summed E-state index contributed by atoms with van der Waals surface area (Å²) in [7, 11) is 1.33. The van der Waals surface area contributed by atoms with E-state index in [0.717, 1.165) is 11.3 Å². The number of ether oxygens (including phenoxy) is 2. The van der Waals surface area contributed by atoms with E-state index >= 15 is 0 Å². The highest BCUT2D eigenvalue weighted by molar-refractivity contribution is 6.05. The maximum absolute atomic E-state index is 12.5. The van der Waals surface area contributed by atoms with Crippen LogP contribution in [0.2, 0.25) is 0 Å². The van der Waals surface area contributed by atoms with Gasteiger partial charge in [-0.3, -0.25) is 9.78 Å². The van der Waals surface area contributed by atoms with Gasteiger partial charge in [0.2, 0.25) is 0 Å². The lowest BCUT2D eigenvalue weighted by molar-refractivity contribution is 0.0600. The number of esters is 1. The van der Waals surface area contributed by atoms with E-state index in [2.05, 4.69) is 10.3 Å². The molecule has 1 aromatic heterocycles. The van der Waals surface area contributed by atoms with Crippen molar-refractivity contribution in [3.05, 3.63) is 89.2 Å². The Bertz CT molecular complexity index is 970. The first-order valence-electron chi connectivity index (χ1n) is 8.70. The molecule has 0 aliphatic carbocycles. The fourth-order valence-corrected chi connectivity index (χ4v) is 2.59. The second kappa shape index (κ2) is 8.81. The number of hydrogen-bond acceptors (Lipinski definition) is 5. The average Bonchev–Trinajstić information content (AvgIpc) is 2.74. The van der Waals surface area contributed by atoms with Crippen LogP contribution in [0.25, 0.3) is 0 Å². The minimum absolute atomic E-state index is 0.245. The number of methoxy groups -OCH3 is 1. The lowest BCUT2D eigenvalue weighted by Gasteiger charge is -2.10. The zero-order valence-electron chi connectivity index (χ0n) is 15.6. The number of hydrogen-bond donors (Lipinski definition) is 1. The fourth-order valence-electron chi connectivity index (χ4n) is 2.59. The Balaban J connectivity index is 1.62. The van der Waals surface area contributed by atoms with Crippen LogP contribution in [0.15, 0.2) is 66.9 Å². The van der Waals surface area contributed by atoms with Crippen LogP contribution in [0.1, 0.15) is 32.0 Å². The Morgan fingerprint density at radius 1 is 1.00 bits per heavy atom. The molecule has 0 fully saturated rings. The normalized spacial score (nSPS) is 10.2. The second-order valence-electron chi connectivity index (χ2n) is 6.11. The van der Waals surface area contributed by atoms with Gasteiger partial charge in [0, 0.05) is 17.4 Å². The Kier molecular flexibility index (Phi) is 6.01. The molecule has 0 saturated carbocycles. The number of anilines is 1. The molecule has 1 heterocycles. The average molecular weight is 376 g/mol. The minimum Gasteiger partial charge on any atom is -0.487 e. The smallest absolute Gasteiger partial charge is 0.337 e. The first kappa shape index (κ1) is 19.1. The van der Waals surface area contributed by atoms with Gasteiger partial charge in [0.25, 0.3) is 5.91 Å². The summed E-state index contributed by atoms with van der Waals surface area (Å²) >= 11 is 0. The quantitative estimate of drug-likeness (QED) is 0.658. The number of aryl methyl sites for hydroxylation is 1. The Hall–Kier alpha value is -3.67. The van der Waals surface area contributed by atoms with Gasteiger partial charge in [-0.05, 0) is 67.1 Å². The first-order valence-corrected chi connectivity index (χ1v) is 8.70. The topological polar surface area (TPSA) is 77.5 Å². The van der Waals surface area contributed by atoms with E-state index in [1.807, 2.05) is 25.1 Å². The monoisotopic (exact) mass is 376 g/mol. The molecular formula is C22H20N2O4. The van der Waals surface area contributed by atoms with E-state index < -0.39 is 5.97 Å². The lowest BCUT2D eigenvalue weighted by Crippen LogP contribution is -2.13. The van der Waals surface area contributed by atoms with Crippen LogP contribution < -0.4 is 10.1 Å². The minimum atomic E-state index is -0.415. The summed E-state index contributed by atoms with van der Waals surface area (Å²) in [6.07, 6.45) is 1.71. The van der Waals surface area contributed by atoms with Gasteiger partial charge in [-0.2, -0.15) is 0 Å². The van der Waals surface area contributed by atoms with Crippen molar-refractivity contribution in [1.29, 1.82) is 0 Å². The van der Waals surface area contributed by atoms with Gasteiger partial charge in [-0.1, -0.05) is 6.07 Å². The summed E-state index contributed by atoms with van der Waals surface area (Å²) in [5.41, 5.74) is 3.17. The predicted octanol–water partition coefficient (Wildman–Crippen LogP) is 4.01. The number of pyridine rings is 1. The van der Waals surface area contributed by atoms with Crippen molar-refractivity contribution in [2.45, 2.75) is 13.5 Å². The van der Waals surface area contributed by atoms with Gasteiger partial charge in [-0.15, -0.1) is 0 Å². The molecule has 0 saturated heterocycles. The highest BCUT2D eigenvalue weighted by atomic mass is 16.5. The van der Waals surface area contributed by atoms with Crippen LogP contribution in [0.3, 0.4) is 0 Å². The van der Waals surface area contributed by atoms with Crippen LogP contribution in [0.5, 0.6) is 5.75 Å². The number of carbonyl (C=O) groups excluding carboxylic acids is 2. The molecule has 0 spiro atoms. The Morgan fingerprint density at radius 2 is 1.75 bits per heavy atom. The molecule has 142 valence electrons. The first-order chi connectivity index (χ1) is 13.6. The van der Waals surface area contributed by atoms with Gasteiger partial charge in [0.1, 0.15) is 12.4 Å². The van der Waals surface area contributed by atoms with Crippen molar-refractivity contribution in [2.24, 2.45) is 0 Å². The third kappa shape index (κ3) is 4.73. The maximum atomic E-state index is 12.5. The molecule has 6 nitrogen and oxygen atoms in total. The lowest BCUT2D eigenvalue weighted by atomic mass is 10.1. The van der Waals surface area contributed by atoms with Crippen molar-refractivity contribution in [2.75, 3.05) is 12.4 Å². The summed E-state index contributed by atoms with van der Waals surface area (Å²) in [4.78, 5) is 28.2. The number of aromatic nitrogens is 1. The number of benzene rings is 2. The van der Waals surface area contributed by atoms with Crippen molar-refractivity contribution in [3.8, 4) is 5.75 Å². The molecule has 0 unspecified atom stereocenters.